The molecular weight excluding hydrogens is 300 g/mol. The quantitative estimate of drug-likeness (QED) is 0.895. The first-order valence-electron chi connectivity index (χ1n) is 6.98. The van der Waals surface area contributed by atoms with Gasteiger partial charge < -0.3 is 10.4 Å². The van der Waals surface area contributed by atoms with E-state index in [1.165, 1.54) is 0 Å². The Labute approximate surface area is 133 Å². The predicted octanol–water partition coefficient (Wildman–Crippen LogP) is 2.88. The summed E-state index contributed by atoms with van der Waals surface area (Å²) in [6.45, 7) is 1.55. The number of carbonyl (C=O) groups excluding carboxylic acids is 1. The lowest BCUT2D eigenvalue weighted by molar-refractivity contribution is -0.119. The van der Waals surface area contributed by atoms with Crippen molar-refractivity contribution in [3.8, 4) is 0 Å². The van der Waals surface area contributed by atoms with Crippen molar-refractivity contribution in [3.63, 3.8) is 0 Å². The molecule has 1 amide bonds. The third-order valence-electron chi connectivity index (χ3n) is 3.54. The monoisotopic (exact) mass is 314 g/mol. The summed E-state index contributed by atoms with van der Waals surface area (Å²) in [5.41, 5.74) is 2.89. The van der Waals surface area contributed by atoms with Crippen molar-refractivity contribution in [2.24, 2.45) is 4.99 Å². The van der Waals surface area contributed by atoms with E-state index in [2.05, 4.69) is 10.3 Å². The number of fused-ring (bicyclic) bond motifs is 1. The molecule has 0 saturated carbocycles. The SMILES string of the molecule is CC(O)[C@H]1N=C(c2ccccc2)c2cc(Cl)ccc2NC1=O. The molecule has 0 aliphatic carbocycles. The maximum absolute atomic E-state index is 12.3. The van der Waals surface area contributed by atoms with Crippen LogP contribution in [0.4, 0.5) is 5.69 Å². The number of anilines is 1. The minimum Gasteiger partial charge on any atom is -0.391 e. The third kappa shape index (κ3) is 2.75. The molecule has 0 fully saturated rings. The number of amides is 1. The summed E-state index contributed by atoms with van der Waals surface area (Å²) in [5.74, 6) is -0.329. The van der Waals surface area contributed by atoms with Crippen molar-refractivity contribution >= 4 is 28.9 Å². The Hall–Kier alpha value is -2.17. The molecule has 0 aromatic heterocycles. The first-order chi connectivity index (χ1) is 10.6. The highest BCUT2D eigenvalue weighted by Crippen LogP contribution is 2.27. The number of carbonyl (C=O) groups is 1. The number of halogens is 1. The fourth-order valence-electron chi connectivity index (χ4n) is 2.45. The van der Waals surface area contributed by atoms with Crippen LogP contribution in [0.1, 0.15) is 18.1 Å². The maximum Gasteiger partial charge on any atom is 0.251 e. The second-order valence-corrected chi connectivity index (χ2v) is 5.64. The molecule has 112 valence electrons. The van der Waals surface area contributed by atoms with Crippen molar-refractivity contribution < 1.29 is 9.90 Å². The molecule has 0 spiro atoms. The number of nitrogens with one attached hydrogen (secondary N) is 1. The minimum absolute atomic E-state index is 0.329. The number of benzodiazepines with no additional fused rings is 1. The average Bonchev–Trinajstić information content (AvgIpc) is 2.64. The van der Waals surface area contributed by atoms with E-state index in [1.54, 1.807) is 25.1 Å². The number of aliphatic hydroxyl groups is 1. The van der Waals surface area contributed by atoms with Gasteiger partial charge in [-0.2, -0.15) is 0 Å². The van der Waals surface area contributed by atoms with Crippen LogP contribution >= 0.6 is 11.6 Å². The van der Waals surface area contributed by atoms with Gasteiger partial charge >= 0.3 is 0 Å². The predicted molar refractivity (Wildman–Crippen MR) is 87.6 cm³/mol. The lowest BCUT2D eigenvalue weighted by Crippen LogP contribution is -2.34. The van der Waals surface area contributed by atoms with E-state index in [0.29, 0.717) is 16.4 Å². The fourth-order valence-corrected chi connectivity index (χ4v) is 2.62. The highest BCUT2D eigenvalue weighted by molar-refractivity contribution is 6.32. The molecule has 2 aromatic carbocycles. The summed E-state index contributed by atoms with van der Waals surface area (Å²) in [6, 6.07) is 13.9. The summed E-state index contributed by atoms with van der Waals surface area (Å²) < 4.78 is 0. The Bertz CT molecular complexity index is 742. The minimum atomic E-state index is -0.886. The van der Waals surface area contributed by atoms with Crippen LogP contribution in [0.15, 0.2) is 53.5 Å². The zero-order valence-corrected chi connectivity index (χ0v) is 12.7. The number of benzene rings is 2. The number of hydrogen-bond donors (Lipinski definition) is 2. The van der Waals surface area contributed by atoms with Crippen LogP contribution in [0.3, 0.4) is 0 Å². The number of nitrogens with zero attached hydrogens (tertiary/aromatic N) is 1. The number of aliphatic imine (C=N–C) groups is 1. The Kier molecular flexibility index (Phi) is 3.96. The number of aliphatic hydroxyl groups excluding tert-OH is 1. The van der Waals surface area contributed by atoms with Gasteiger partial charge in [-0.15, -0.1) is 0 Å². The van der Waals surface area contributed by atoms with E-state index >= 15 is 0 Å². The summed E-state index contributed by atoms with van der Waals surface area (Å²) in [5, 5.41) is 13.2. The molecule has 2 N–H and O–H groups in total. The maximum atomic E-state index is 12.3. The molecule has 2 atom stereocenters. The van der Waals surface area contributed by atoms with Crippen molar-refractivity contribution in [2.45, 2.75) is 19.1 Å². The molecule has 0 saturated heterocycles. The van der Waals surface area contributed by atoms with Gasteiger partial charge in [0.05, 0.1) is 17.5 Å². The van der Waals surface area contributed by atoms with Gasteiger partial charge in [-0.1, -0.05) is 41.9 Å². The van der Waals surface area contributed by atoms with E-state index in [9.17, 15) is 9.90 Å². The number of hydrogen-bond acceptors (Lipinski definition) is 3. The summed E-state index contributed by atoms with van der Waals surface area (Å²) in [6.07, 6.45) is -0.886. The van der Waals surface area contributed by atoms with Gasteiger partial charge in [-0.3, -0.25) is 9.79 Å². The lowest BCUT2D eigenvalue weighted by Gasteiger charge is -2.13. The molecule has 2 aromatic rings. The molecule has 22 heavy (non-hydrogen) atoms. The Balaban J connectivity index is 2.23. The summed E-state index contributed by atoms with van der Waals surface area (Å²) in [7, 11) is 0. The standard InChI is InChI=1S/C17H15ClN2O2/c1-10(21)15-17(22)19-14-8-7-12(18)9-13(14)16(20-15)11-5-3-2-4-6-11/h2-10,15,21H,1H3,(H,19,22)/t10?,15-/m1/s1. The molecular formula is C17H15ClN2O2. The van der Waals surface area contributed by atoms with E-state index in [0.717, 1.165) is 11.1 Å². The molecule has 0 radical (unpaired) electrons. The average molecular weight is 315 g/mol. The summed E-state index contributed by atoms with van der Waals surface area (Å²) >= 11 is 6.10. The van der Waals surface area contributed by atoms with Gasteiger partial charge in [0.25, 0.3) is 5.91 Å². The zero-order valence-electron chi connectivity index (χ0n) is 12.0. The zero-order chi connectivity index (χ0) is 15.7. The Morgan fingerprint density at radius 2 is 1.95 bits per heavy atom. The molecule has 4 nitrogen and oxygen atoms in total. The topological polar surface area (TPSA) is 61.7 Å². The van der Waals surface area contributed by atoms with Crippen LogP contribution < -0.4 is 5.32 Å². The van der Waals surface area contributed by atoms with E-state index in [4.69, 9.17) is 11.6 Å². The van der Waals surface area contributed by atoms with E-state index in [1.807, 2.05) is 30.3 Å². The summed E-state index contributed by atoms with van der Waals surface area (Å²) in [4.78, 5) is 16.8. The van der Waals surface area contributed by atoms with Crippen LogP contribution in [0.5, 0.6) is 0 Å². The van der Waals surface area contributed by atoms with Crippen LogP contribution in [-0.2, 0) is 4.79 Å². The normalized spacial score (nSPS) is 18.8. The number of rotatable bonds is 2. The highest BCUT2D eigenvalue weighted by atomic mass is 35.5. The van der Waals surface area contributed by atoms with Gasteiger partial charge in [-0.25, -0.2) is 0 Å². The van der Waals surface area contributed by atoms with Gasteiger partial charge in [0.1, 0.15) is 0 Å². The third-order valence-corrected chi connectivity index (χ3v) is 3.77. The molecule has 1 aliphatic rings. The molecule has 1 unspecified atom stereocenters. The second kappa shape index (κ2) is 5.91. The smallest absolute Gasteiger partial charge is 0.251 e. The molecule has 3 rings (SSSR count). The van der Waals surface area contributed by atoms with Crippen LogP contribution in [-0.4, -0.2) is 28.9 Å². The highest BCUT2D eigenvalue weighted by Gasteiger charge is 2.29. The van der Waals surface area contributed by atoms with Gasteiger partial charge in [0, 0.05) is 16.1 Å². The van der Waals surface area contributed by atoms with Gasteiger partial charge in [-0.05, 0) is 25.1 Å². The van der Waals surface area contributed by atoms with Crippen molar-refractivity contribution in [1.29, 1.82) is 0 Å². The van der Waals surface area contributed by atoms with E-state index in [-0.39, 0.29) is 5.91 Å². The van der Waals surface area contributed by atoms with Crippen molar-refractivity contribution in [3.05, 3.63) is 64.7 Å². The molecule has 1 heterocycles. The van der Waals surface area contributed by atoms with Gasteiger partial charge in [0.2, 0.25) is 0 Å². The molecule has 0 bridgehead atoms. The second-order valence-electron chi connectivity index (χ2n) is 5.21. The van der Waals surface area contributed by atoms with Crippen LogP contribution in [0.25, 0.3) is 0 Å². The van der Waals surface area contributed by atoms with Crippen LogP contribution in [0.2, 0.25) is 5.02 Å². The van der Waals surface area contributed by atoms with E-state index < -0.39 is 12.1 Å². The molecule has 1 aliphatic heterocycles. The van der Waals surface area contributed by atoms with Gasteiger partial charge in [0.15, 0.2) is 6.04 Å². The lowest BCUT2D eigenvalue weighted by atomic mass is 10.0. The van der Waals surface area contributed by atoms with Crippen LogP contribution in [0, 0.1) is 0 Å². The largest absolute Gasteiger partial charge is 0.391 e. The van der Waals surface area contributed by atoms with Crippen molar-refractivity contribution in [2.75, 3.05) is 5.32 Å². The first-order valence-corrected chi connectivity index (χ1v) is 7.36. The van der Waals surface area contributed by atoms with Crippen molar-refractivity contribution in [1.82, 2.24) is 0 Å². The Morgan fingerprint density at radius 3 is 2.64 bits per heavy atom. The fraction of sp³-hybridized carbons (Fsp3) is 0.176. The molecule has 5 heteroatoms. The first kappa shape index (κ1) is 14.8. The Morgan fingerprint density at radius 1 is 1.23 bits per heavy atom.